The molecule has 4 nitrogen and oxygen atoms in total. The van der Waals surface area contributed by atoms with Crippen molar-refractivity contribution in [1.29, 1.82) is 0 Å². The van der Waals surface area contributed by atoms with Crippen LogP contribution in [0.4, 0.5) is 0 Å². The Morgan fingerprint density at radius 2 is 2.30 bits per heavy atom. The molecule has 0 aromatic heterocycles. The van der Waals surface area contributed by atoms with Gasteiger partial charge in [-0.3, -0.25) is 9.69 Å². The predicted molar refractivity (Wildman–Crippen MR) is 75.8 cm³/mol. The maximum Gasteiger partial charge on any atom is 0.320 e. The van der Waals surface area contributed by atoms with E-state index in [1.807, 2.05) is 12.1 Å². The fourth-order valence-electron chi connectivity index (χ4n) is 3.36. The fraction of sp³-hybridized carbons (Fsp3) is 0.562. The first-order chi connectivity index (χ1) is 9.72. The van der Waals surface area contributed by atoms with Crippen molar-refractivity contribution >= 4 is 5.97 Å². The fourth-order valence-corrected chi connectivity index (χ4v) is 3.36. The van der Waals surface area contributed by atoms with E-state index >= 15 is 0 Å². The van der Waals surface area contributed by atoms with Gasteiger partial charge in [-0.2, -0.15) is 0 Å². The summed E-state index contributed by atoms with van der Waals surface area (Å²) in [5, 5.41) is 0. The van der Waals surface area contributed by atoms with Crippen LogP contribution >= 0.6 is 0 Å². The molecule has 1 aromatic carbocycles. The average Bonchev–Trinajstić information content (AvgIpc) is 2.46. The third-order valence-electron chi connectivity index (χ3n) is 4.29. The number of morpholine rings is 1. The van der Waals surface area contributed by atoms with Crippen LogP contribution in [0.3, 0.4) is 0 Å². The number of hydrogen-bond acceptors (Lipinski definition) is 4. The van der Waals surface area contributed by atoms with Gasteiger partial charge in [0.25, 0.3) is 0 Å². The number of benzene rings is 1. The Labute approximate surface area is 119 Å². The number of aryl methyl sites for hydroxylation is 1. The number of carbonyl (C=O) groups excluding carboxylic acids is 1. The average molecular weight is 275 g/mol. The lowest BCUT2D eigenvalue weighted by atomic mass is 9.84. The lowest BCUT2D eigenvalue weighted by molar-refractivity contribution is -0.167. The molecular weight excluding hydrogens is 254 g/mol. The van der Waals surface area contributed by atoms with Gasteiger partial charge in [0.05, 0.1) is 19.7 Å². The molecule has 1 aliphatic carbocycles. The van der Waals surface area contributed by atoms with Gasteiger partial charge in [0.2, 0.25) is 0 Å². The molecule has 2 aliphatic rings. The van der Waals surface area contributed by atoms with Gasteiger partial charge < -0.3 is 9.47 Å². The number of rotatable bonds is 3. The summed E-state index contributed by atoms with van der Waals surface area (Å²) in [5.74, 6) is 0.712. The van der Waals surface area contributed by atoms with Crippen molar-refractivity contribution in [2.75, 3.05) is 20.2 Å². The molecule has 0 bridgehead atoms. The number of fused-ring (bicyclic) bond motifs is 3. The van der Waals surface area contributed by atoms with E-state index in [0.29, 0.717) is 12.6 Å². The lowest BCUT2D eigenvalue weighted by Crippen LogP contribution is -2.51. The minimum Gasteiger partial charge on any atom is -0.497 e. The zero-order valence-corrected chi connectivity index (χ0v) is 12.1. The first-order valence-corrected chi connectivity index (χ1v) is 7.33. The number of hydrogen-bond donors (Lipinski definition) is 0. The Bertz CT molecular complexity index is 514. The maximum atomic E-state index is 11.9. The van der Waals surface area contributed by atoms with Crippen LogP contribution in [0.25, 0.3) is 0 Å². The van der Waals surface area contributed by atoms with Gasteiger partial charge >= 0.3 is 5.97 Å². The Hall–Kier alpha value is -1.55. The highest BCUT2D eigenvalue weighted by atomic mass is 16.5. The molecule has 2 atom stereocenters. The van der Waals surface area contributed by atoms with Gasteiger partial charge in [0.1, 0.15) is 11.9 Å². The third kappa shape index (κ3) is 2.29. The molecule has 1 unspecified atom stereocenters. The smallest absolute Gasteiger partial charge is 0.320 e. The molecule has 0 spiro atoms. The second-order valence-electron chi connectivity index (χ2n) is 5.55. The highest BCUT2D eigenvalue weighted by Gasteiger charge is 2.40. The van der Waals surface area contributed by atoms with Gasteiger partial charge in [-0.25, -0.2) is 0 Å². The zero-order valence-electron chi connectivity index (χ0n) is 12.1. The second-order valence-corrected chi connectivity index (χ2v) is 5.55. The third-order valence-corrected chi connectivity index (χ3v) is 4.29. The molecule has 108 valence electrons. The number of nitrogens with zero attached hydrogens (tertiary/aromatic N) is 1. The van der Waals surface area contributed by atoms with Crippen LogP contribution in [0.15, 0.2) is 18.2 Å². The van der Waals surface area contributed by atoms with Crippen LogP contribution in [0.5, 0.6) is 5.75 Å². The SMILES string of the molecule is CCCN1CC(=O)O[C@@H]2c3cc(OC)ccc3CCC21. The minimum atomic E-state index is -0.137. The summed E-state index contributed by atoms with van der Waals surface area (Å²) in [4.78, 5) is 14.1. The number of ether oxygens (including phenoxy) is 2. The Balaban J connectivity index is 1.95. The van der Waals surface area contributed by atoms with E-state index in [-0.39, 0.29) is 12.1 Å². The van der Waals surface area contributed by atoms with Crippen molar-refractivity contribution in [3.05, 3.63) is 29.3 Å². The maximum absolute atomic E-state index is 11.9. The molecule has 1 fully saturated rings. The number of esters is 1. The summed E-state index contributed by atoms with van der Waals surface area (Å²) in [6.45, 7) is 3.53. The van der Waals surface area contributed by atoms with Gasteiger partial charge in [0.15, 0.2) is 0 Å². The summed E-state index contributed by atoms with van der Waals surface area (Å²) >= 11 is 0. The summed E-state index contributed by atoms with van der Waals surface area (Å²) in [6, 6.07) is 6.41. The molecule has 1 saturated heterocycles. The molecular formula is C16H21NO3. The van der Waals surface area contributed by atoms with E-state index in [2.05, 4.69) is 17.9 Å². The van der Waals surface area contributed by atoms with E-state index in [1.54, 1.807) is 7.11 Å². The van der Waals surface area contributed by atoms with Crippen LogP contribution in [0.1, 0.15) is 37.0 Å². The Kier molecular flexibility index (Phi) is 3.66. The number of carbonyl (C=O) groups is 1. The summed E-state index contributed by atoms with van der Waals surface area (Å²) in [5.41, 5.74) is 2.40. The Morgan fingerprint density at radius 3 is 3.05 bits per heavy atom. The van der Waals surface area contributed by atoms with Gasteiger partial charge in [-0.15, -0.1) is 0 Å². The largest absolute Gasteiger partial charge is 0.497 e. The zero-order chi connectivity index (χ0) is 14.1. The van der Waals surface area contributed by atoms with Crippen molar-refractivity contribution < 1.29 is 14.3 Å². The normalized spacial score (nSPS) is 25.6. The van der Waals surface area contributed by atoms with Gasteiger partial charge in [-0.1, -0.05) is 13.0 Å². The first-order valence-electron chi connectivity index (χ1n) is 7.33. The molecule has 1 heterocycles. The highest BCUT2D eigenvalue weighted by Crippen LogP contribution is 2.39. The molecule has 1 aromatic rings. The Morgan fingerprint density at radius 1 is 1.45 bits per heavy atom. The quantitative estimate of drug-likeness (QED) is 0.794. The molecule has 20 heavy (non-hydrogen) atoms. The molecule has 0 N–H and O–H groups in total. The standard InChI is InChI=1S/C16H21NO3/c1-3-8-17-10-15(18)20-16-13-9-12(19-2)6-4-11(13)5-7-14(16)17/h4,6,9,14,16H,3,5,7-8,10H2,1-2H3/t14?,16-/m1/s1. The van der Waals surface area contributed by atoms with Gasteiger partial charge in [0, 0.05) is 5.56 Å². The molecule has 4 heteroatoms. The minimum absolute atomic E-state index is 0.115. The summed E-state index contributed by atoms with van der Waals surface area (Å²) in [7, 11) is 1.66. The lowest BCUT2D eigenvalue weighted by Gasteiger charge is -2.43. The van der Waals surface area contributed by atoms with Crippen molar-refractivity contribution in [3.8, 4) is 5.75 Å². The van der Waals surface area contributed by atoms with Crippen molar-refractivity contribution in [2.24, 2.45) is 0 Å². The van der Waals surface area contributed by atoms with Crippen molar-refractivity contribution in [2.45, 2.75) is 38.3 Å². The molecule has 3 rings (SSSR count). The van der Waals surface area contributed by atoms with Gasteiger partial charge in [-0.05, 0) is 43.5 Å². The van der Waals surface area contributed by atoms with Crippen molar-refractivity contribution in [3.63, 3.8) is 0 Å². The van der Waals surface area contributed by atoms with Crippen LogP contribution in [0.2, 0.25) is 0 Å². The van der Waals surface area contributed by atoms with Crippen molar-refractivity contribution in [1.82, 2.24) is 4.90 Å². The molecule has 1 aliphatic heterocycles. The predicted octanol–water partition coefficient (Wildman–Crippen LogP) is 2.32. The molecule has 0 amide bonds. The molecule has 0 saturated carbocycles. The first kappa shape index (κ1) is 13.4. The van der Waals surface area contributed by atoms with Crippen LogP contribution in [-0.4, -0.2) is 37.1 Å². The number of methoxy groups -OCH3 is 1. The highest BCUT2D eigenvalue weighted by molar-refractivity contribution is 5.73. The second kappa shape index (κ2) is 5.44. The summed E-state index contributed by atoms with van der Waals surface area (Å²) in [6.07, 6.45) is 3.01. The monoisotopic (exact) mass is 275 g/mol. The molecule has 0 radical (unpaired) electrons. The van der Waals surface area contributed by atoms with E-state index < -0.39 is 0 Å². The van der Waals surface area contributed by atoms with E-state index in [0.717, 1.165) is 37.1 Å². The topological polar surface area (TPSA) is 38.8 Å². The van der Waals surface area contributed by atoms with Crippen LogP contribution in [0, 0.1) is 0 Å². The van der Waals surface area contributed by atoms with Crippen LogP contribution < -0.4 is 4.74 Å². The summed E-state index contributed by atoms with van der Waals surface area (Å²) < 4.78 is 11.0. The van der Waals surface area contributed by atoms with E-state index in [1.165, 1.54) is 5.56 Å². The van der Waals surface area contributed by atoms with E-state index in [4.69, 9.17) is 9.47 Å². The van der Waals surface area contributed by atoms with Crippen LogP contribution in [-0.2, 0) is 16.0 Å². The van der Waals surface area contributed by atoms with E-state index in [9.17, 15) is 4.79 Å².